The van der Waals surface area contributed by atoms with Crippen LogP contribution in [0.25, 0.3) is 0 Å². The van der Waals surface area contributed by atoms with Gasteiger partial charge in [-0.05, 0) is 44.5 Å². The summed E-state index contributed by atoms with van der Waals surface area (Å²) in [5.41, 5.74) is 1.59. The lowest BCUT2D eigenvalue weighted by molar-refractivity contribution is 0.102. The lowest BCUT2D eigenvalue weighted by Crippen LogP contribution is -2.17. The SMILES string of the molecule is COc1cc(Cl)c(C)cc1NC(=O)c1ccc(NC(C)C)nn1. The number of nitrogens with one attached hydrogen (secondary N) is 2. The van der Waals surface area contributed by atoms with Gasteiger partial charge in [-0.25, -0.2) is 0 Å². The van der Waals surface area contributed by atoms with Gasteiger partial charge in [-0.1, -0.05) is 11.6 Å². The molecular weight excluding hydrogens is 316 g/mol. The average Bonchev–Trinajstić information content (AvgIpc) is 2.50. The maximum atomic E-state index is 12.3. The average molecular weight is 335 g/mol. The van der Waals surface area contributed by atoms with Crippen LogP contribution in [0.1, 0.15) is 29.9 Å². The third-order valence-corrected chi connectivity index (χ3v) is 3.47. The summed E-state index contributed by atoms with van der Waals surface area (Å²) in [6, 6.07) is 6.98. The van der Waals surface area contributed by atoms with Crippen molar-refractivity contribution in [2.75, 3.05) is 17.7 Å². The van der Waals surface area contributed by atoms with E-state index in [1.807, 2.05) is 20.8 Å². The van der Waals surface area contributed by atoms with Gasteiger partial charge in [0, 0.05) is 17.1 Å². The van der Waals surface area contributed by atoms with Crippen LogP contribution in [0.2, 0.25) is 5.02 Å². The molecule has 2 aromatic rings. The third kappa shape index (κ3) is 4.32. The zero-order valence-electron chi connectivity index (χ0n) is 13.5. The van der Waals surface area contributed by atoms with Crippen molar-refractivity contribution in [2.45, 2.75) is 26.8 Å². The summed E-state index contributed by atoms with van der Waals surface area (Å²) in [6.07, 6.45) is 0. The molecule has 2 N–H and O–H groups in total. The van der Waals surface area contributed by atoms with Crippen molar-refractivity contribution in [1.82, 2.24) is 10.2 Å². The number of carbonyl (C=O) groups excluding carboxylic acids is 1. The number of amides is 1. The van der Waals surface area contributed by atoms with Gasteiger partial charge >= 0.3 is 0 Å². The molecule has 0 saturated heterocycles. The molecule has 1 aromatic heterocycles. The van der Waals surface area contributed by atoms with Crippen molar-refractivity contribution in [3.63, 3.8) is 0 Å². The smallest absolute Gasteiger partial charge is 0.276 e. The highest BCUT2D eigenvalue weighted by Gasteiger charge is 2.13. The topological polar surface area (TPSA) is 76.1 Å². The maximum Gasteiger partial charge on any atom is 0.276 e. The van der Waals surface area contributed by atoms with Gasteiger partial charge in [0.1, 0.15) is 11.6 Å². The molecule has 0 saturated carbocycles. The minimum absolute atomic E-state index is 0.217. The Morgan fingerprint density at radius 2 is 2.00 bits per heavy atom. The van der Waals surface area contributed by atoms with E-state index in [2.05, 4.69) is 20.8 Å². The largest absolute Gasteiger partial charge is 0.495 e. The van der Waals surface area contributed by atoms with Crippen molar-refractivity contribution in [2.24, 2.45) is 0 Å². The Balaban J connectivity index is 2.17. The Kier molecular flexibility index (Phi) is 5.39. The van der Waals surface area contributed by atoms with E-state index in [0.29, 0.717) is 22.3 Å². The second-order valence-electron chi connectivity index (χ2n) is 5.36. The molecule has 6 nitrogen and oxygen atoms in total. The van der Waals surface area contributed by atoms with E-state index in [4.69, 9.17) is 16.3 Å². The minimum Gasteiger partial charge on any atom is -0.495 e. The van der Waals surface area contributed by atoms with E-state index in [1.54, 1.807) is 24.3 Å². The van der Waals surface area contributed by atoms with Gasteiger partial charge < -0.3 is 15.4 Å². The number of halogens is 1. The molecule has 1 aromatic carbocycles. The fourth-order valence-corrected chi connectivity index (χ4v) is 2.10. The number of benzene rings is 1. The lowest BCUT2D eigenvalue weighted by Gasteiger charge is -2.12. The first-order chi connectivity index (χ1) is 10.9. The van der Waals surface area contributed by atoms with E-state index in [9.17, 15) is 4.79 Å². The van der Waals surface area contributed by atoms with Crippen LogP contribution in [0.3, 0.4) is 0 Å². The molecule has 0 aliphatic heterocycles. The number of nitrogens with zero attached hydrogens (tertiary/aromatic N) is 2. The van der Waals surface area contributed by atoms with Crippen LogP contribution in [0, 0.1) is 6.92 Å². The Labute approximate surface area is 140 Å². The van der Waals surface area contributed by atoms with Crippen molar-refractivity contribution in [1.29, 1.82) is 0 Å². The van der Waals surface area contributed by atoms with E-state index in [0.717, 1.165) is 5.56 Å². The number of rotatable bonds is 5. The van der Waals surface area contributed by atoms with Crippen LogP contribution in [-0.2, 0) is 0 Å². The summed E-state index contributed by atoms with van der Waals surface area (Å²) in [5.74, 6) is 0.741. The van der Waals surface area contributed by atoms with Crippen LogP contribution in [0.5, 0.6) is 5.75 Å². The number of carbonyl (C=O) groups is 1. The Morgan fingerprint density at radius 1 is 1.26 bits per heavy atom. The van der Waals surface area contributed by atoms with Crippen molar-refractivity contribution in [3.8, 4) is 5.75 Å². The molecule has 0 unspecified atom stereocenters. The van der Waals surface area contributed by atoms with Gasteiger partial charge in [0.25, 0.3) is 5.91 Å². The monoisotopic (exact) mass is 334 g/mol. The molecule has 2 rings (SSSR count). The van der Waals surface area contributed by atoms with Gasteiger partial charge in [-0.2, -0.15) is 0 Å². The van der Waals surface area contributed by atoms with E-state index >= 15 is 0 Å². The number of aromatic nitrogens is 2. The zero-order chi connectivity index (χ0) is 17.0. The van der Waals surface area contributed by atoms with E-state index in [1.165, 1.54) is 7.11 Å². The van der Waals surface area contributed by atoms with E-state index < -0.39 is 0 Å². The molecule has 0 bridgehead atoms. The van der Waals surface area contributed by atoms with Crippen LogP contribution in [-0.4, -0.2) is 29.3 Å². The highest BCUT2D eigenvalue weighted by molar-refractivity contribution is 6.31. The number of aryl methyl sites for hydroxylation is 1. The standard InChI is InChI=1S/C16H19ClN4O2/c1-9(2)18-15-6-5-12(20-21-15)16(22)19-13-7-10(3)11(17)8-14(13)23-4/h5-9H,1-4H3,(H,18,21)(H,19,22). The predicted octanol–water partition coefficient (Wildman–Crippen LogP) is 3.52. The summed E-state index contributed by atoms with van der Waals surface area (Å²) in [5, 5.41) is 14.4. The Hall–Kier alpha value is -2.34. The zero-order valence-corrected chi connectivity index (χ0v) is 14.2. The summed E-state index contributed by atoms with van der Waals surface area (Å²) in [7, 11) is 1.52. The molecule has 0 aliphatic rings. The second kappa shape index (κ2) is 7.28. The second-order valence-corrected chi connectivity index (χ2v) is 5.77. The molecule has 0 atom stereocenters. The van der Waals surface area contributed by atoms with Crippen molar-refractivity contribution >= 4 is 29.0 Å². The van der Waals surface area contributed by atoms with Crippen molar-refractivity contribution in [3.05, 3.63) is 40.5 Å². The molecule has 0 fully saturated rings. The number of hydrogen-bond acceptors (Lipinski definition) is 5. The van der Waals surface area contributed by atoms with Crippen LogP contribution < -0.4 is 15.4 Å². The number of methoxy groups -OCH3 is 1. The molecule has 0 spiro atoms. The summed E-state index contributed by atoms with van der Waals surface area (Å²) >= 11 is 6.05. The quantitative estimate of drug-likeness (QED) is 0.875. The minimum atomic E-state index is -0.367. The highest BCUT2D eigenvalue weighted by Crippen LogP contribution is 2.31. The van der Waals surface area contributed by atoms with Gasteiger partial charge in [0.15, 0.2) is 5.69 Å². The van der Waals surface area contributed by atoms with E-state index in [-0.39, 0.29) is 17.6 Å². The molecule has 1 amide bonds. The lowest BCUT2D eigenvalue weighted by atomic mass is 10.2. The van der Waals surface area contributed by atoms with Crippen molar-refractivity contribution < 1.29 is 9.53 Å². The fraction of sp³-hybridized carbons (Fsp3) is 0.312. The molecule has 0 aliphatic carbocycles. The Morgan fingerprint density at radius 3 is 2.57 bits per heavy atom. The number of anilines is 2. The summed E-state index contributed by atoms with van der Waals surface area (Å²) in [6.45, 7) is 5.85. The van der Waals surface area contributed by atoms with Gasteiger partial charge in [0.05, 0.1) is 12.8 Å². The maximum absolute atomic E-state index is 12.3. The molecule has 122 valence electrons. The molecular formula is C16H19ClN4O2. The number of ether oxygens (including phenoxy) is 1. The number of hydrogen-bond donors (Lipinski definition) is 2. The first-order valence-electron chi connectivity index (χ1n) is 7.16. The molecule has 1 heterocycles. The first kappa shape index (κ1) is 17.0. The summed E-state index contributed by atoms with van der Waals surface area (Å²) in [4.78, 5) is 12.3. The first-order valence-corrected chi connectivity index (χ1v) is 7.54. The highest BCUT2D eigenvalue weighted by atomic mass is 35.5. The molecule has 23 heavy (non-hydrogen) atoms. The summed E-state index contributed by atoms with van der Waals surface area (Å²) < 4.78 is 5.24. The fourth-order valence-electron chi connectivity index (χ4n) is 1.94. The van der Waals surface area contributed by atoms with Gasteiger partial charge in [0.2, 0.25) is 0 Å². The van der Waals surface area contributed by atoms with Crippen LogP contribution in [0.15, 0.2) is 24.3 Å². The normalized spacial score (nSPS) is 10.5. The van der Waals surface area contributed by atoms with Gasteiger partial charge in [-0.3, -0.25) is 4.79 Å². The predicted molar refractivity (Wildman–Crippen MR) is 91.5 cm³/mol. The van der Waals surface area contributed by atoms with Crippen LogP contribution >= 0.6 is 11.6 Å². The Bertz CT molecular complexity index is 702. The molecule has 7 heteroatoms. The third-order valence-electron chi connectivity index (χ3n) is 3.06. The van der Waals surface area contributed by atoms with Gasteiger partial charge in [-0.15, -0.1) is 10.2 Å². The molecule has 0 radical (unpaired) electrons. The van der Waals surface area contributed by atoms with Crippen LogP contribution in [0.4, 0.5) is 11.5 Å².